The van der Waals surface area contributed by atoms with Gasteiger partial charge in [0.05, 0.1) is 13.2 Å². The number of thiophene rings is 1. The van der Waals surface area contributed by atoms with Crippen LogP contribution < -0.4 is 14.8 Å². The minimum absolute atomic E-state index is 0.626. The Morgan fingerprint density at radius 3 is 2.43 bits per heavy atom. The molecule has 21 heavy (non-hydrogen) atoms. The van der Waals surface area contributed by atoms with Crippen LogP contribution in [0.4, 0.5) is 5.69 Å². The first-order chi connectivity index (χ1) is 10.1. The Bertz CT molecular complexity index is 578. The van der Waals surface area contributed by atoms with Gasteiger partial charge in [-0.25, -0.2) is 0 Å². The van der Waals surface area contributed by atoms with Crippen molar-refractivity contribution in [2.24, 2.45) is 0 Å². The summed E-state index contributed by atoms with van der Waals surface area (Å²) in [5, 5.41) is 3.42. The first-order valence-corrected chi connectivity index (χ1v) is 8.63. The molecule has 0 fully saturated rings. The van der Waals surface area contributed by atoms with Gasteiger partial charge in [0.25, 0.3) is 0 Å². The second kappa shape index (κ2) is 7.71. The molecule has 0 radical (unpaired) electrons. The standard InChI is InChI=1S/C16H20BrNO2S/c1-4-19-15-7-6-12(8-16(15)20-5-2)18-10-13-9-14(17)11(3)21-13/h6-9,18H,4-5,10H2,1-3H3. The van der Waals surface area contributed by atoms with Crippen LogP contribution in [0.15, 0.2) is 28.7 Å². The van der Waals surface area contributed by atoms with Gasteiger partial charge < -0.3 is 14.8 Å². The smallest absolute Gasteiger partial charge is 0.163 e. The van der Waals surface area contributed by atoms with Crippen molar-refractivity contribution >= 4 is 33.0 Å². The minimum Gasteiger partial charge on any atom is -0.490 e. The van der Waals surface area contributed by atoms with Crippen molar-refractivity contribution in [2.45, 2.75) is 27.3 Å². The van der Waals surface area contributed by atoms with Gasteiger partial charge in [0, 0.05) is 32.5 Å². The molecule has 1 aromatic carbocycles. The monoisotopic (exact) mass is 369 g/mol. The molecule has 5 heteroatoms. The molecule has 0 spiro atoms. The predicted octanol–water partition coefficient (Wildman–Crippen LogP) is 5.23. The lowest BCUT2D eigenvalue weighted by Crippen LogP contribution is -2.01. The van der Waals surface area contributed by atoms with E-state index in [0.29, 0.717) is 13.2 Å². The molecule has 0 aliphatic heterocycles. The van der Waals surface area contributed by atoms with Gasteiger partial charge in [-0.1, -0.05) is 0 Å². The van der Waals surface area contributed by atoms with E-state index >= 15 is 0 Å². The van der Waals surface area contributed by atoms with E-state index in [1.807, 2.05) is 32.0 Å². The number of ether oxygens (including phenoxy) is 2. The summed E-state index contributed by atoms with van der Waals surface area (Å²) >= 11 is 5.34. The molecule has 2 aromatic rings. The number of hydrogen-bond donors (Lipinski definition) is 1. The lowest BCUT2D eigenvalue weighted by molar-refractivity contribution is 0.288. The van der Waals surface area contributed by atoms with Gasteiger partial charge in [0.1, 0.15) is 0 Å². The lowest BCUT2D eigenvalue weighted by atomic mass is 10.2. The topological polar surface area (TPSA) is 30.5 Å². The van der Waals surface area contributed by atoms with Gasteiger partial charge in [0.15, 0.2) is 11.5 Å². The molecular weight excluding hydrogens is 350 g/mol. The van der Waals surface area contributed by atoms with Crippen LogP contribution in [0.3, 0.4) is 0 Å². The van der Waals surface area contributed by atoms with Crippen molar-refractivity contribution in [2.75, 3.05) is 18.5 Å². The van der Waals surface area contributed by atoms with Crippen LogP contribution in [0.25, 0.3) is 0 Å². The van der Waals surface area contributed by atoms with Gasteiger partial charge in [-0.2, -0.15) is 0 Å². The summed E-state index contributed by atoms with van der Waals surface area (Å²) in [5.41, 5.74) is 1.03. The number of anilines is 1. The Morgan fingerprint density at radius 2 is 1.81 bits per heavy atom. The summed E-state index contributed by atoms with van der Waals surface area (Å²) in [6.45, 7) is 8.12. The van der Waals surface area contributed by atoms with Crippen molar-refractivity contribution in [3.05, 3.63) is 38.5 Å². The molecule has 0 saturated carbocycles. The first kappa shape index (κ1) is 16.2. The third-order valence-corrected chi connectivity index (χ3v) is 5.05. The average molecular weight is 370 g/mol. The summed E-state index contributed by atoms with van der Waals surface area (Å²) in [5.74, 6) is 1.58. The fourth-order valence-corrected chi connectivity index (χ4v) is 3.50. The number of hydrogen-bond acceptors (Lipinski definition) is 4. The summed E-state index contributed by atoms with van der Waals surface area (Å²) < 4.78 is 12.4. The number of halogens is 1. The van der Waals surface area contributed by atoms with Crippen LogP contribution in [0.2, 0.25) is 0 Å². The molecule has 0 atom stereocenters. The van der Waals surface area contributed by atoms with Gasteiger partial charge in [-0.3, -0.25) is 0 Å². The highest BCUT2D eigenvalue weighted by Crippen LogP contribution is 2.31. The zero-order chi connectivity index (χ0) is 15.2. The van der Waals surface area contributed by atoms with Crippen molar-refractivity contribution < 1.29 is 9.47 Å². The zero-order valence-corrected chi connectivity index (χ0v) is 14.9. The maximum Gasteiger partial charge on any atom is 0.163 e. The summed E-state index contributed by atoms with van der Waals surface area (Å²) in [4.78, 5) is 2.60. The van der Waals surface area contributed by atoms with Crippen molar-refractivity contribution in [3.63, 3.8) is 0 Å². The summed E-state index contributed by atoms with van der Waals surface area (Å²) in [6, 6.07) is 8.12. The molecule has 0 unspecified atom stereocenters. The molecule has 0 amide bonds. The Hall–Kier alpha value is -1.20. The molecule has 1 aromatic heterocycles. The molecule has 1 heterocycles. The van der Waals surface area contributed by atoms with Crippen LogP contribution in [0.5, 0.6) is 11.5 Å². The molecule has 0 bridgehead atoms. The molecule has 114 valence electrons. The Kier molecular flexibility index (Phi) is 5.94. The van der Waals surface area contributed by atoms with Crippen LogP contribution in [0, 0.1) is 6.92 Å². The van der Waals surface area contributed by atoms with Gasteiger partial charge in [0.2, 0.25) is 0 Å². The SMILES string of the molecule is CCOc1ccc(NCc2cc(Br)c(C)s2)cc1OCC. The average Bonchev–Trinajstić information content (AvgIpc) is 2.78. The van der Waals surface area contributed by atoms with Crippen LogP contribution in [-0.2, 0) is 6.54 Å². The van der Waals surface area contributed by atoms with E-state index in [0.717, 1.165) is 23.7 Å². The number of aryl methyl sites for hydroxylation is 1. The molecule has 0 aliphatic rings. The van der Waals surface area contributed by atoms with E-state index in [-0.39, 0.29) is 0 Å². The van der Waals surface area contributed by atoms with Gasteiger partial charge in [-0.15, -0.1) is 11.3 Å². The van der Waals surface area contributed by atoms with Crippen molar-refractivity contribution in [1.82, 2.24) is 0 Å². The molecule has 0 saturated heterocycles. The maximum absolute atomic E-state index is 5.64. The van der Waals surface area contributed by atoms with Crippen molar-refractivity contribution in [3.8, 4) is 11.5 Å². The van der Waals surface area contributed by atoms with E-state index in [4.69, 9.17) is 9.47 Å². The molecule has 1 N–H and O–H groups in total. The maximum atomic E-state index is 5.64. The number of rotatable bonds is 7. The third kappa shape index (κ3) is 4.38. The fourth-order valence-electron chi connectivity index (χ4n) is 1.96. The molecule has 2 rings (SSSR count). The Balaban J connectivity index is 2.07. The van der Waals surface area contributed by atoms with E-state index in [2.05, 4.69) is 34.2 Å². The highest BCUT2D eigenvalue weighted by molar-refractivity contribution is 9.10. The molecule has 3 nitrogen and oxygen atoms in total. The van der Waals surface area contributed by atoms with Crippen LogP contribution >= 0.6 is 27.3 Å². The van der Waals surface area contributed by atoms with Crippen molar-refractivity contribution in [1.29, 1.82) is 0 Å². The second-order valence-electron chi connectivity index (χ2n) is 4.50. The lowest BCUT2D eigenvalue weighted by Gasteiger charge is -2.13. The Morgan fingerprint density at radius 1 is 1.10 bits per heavy atom. The van der Waals surface area contributed by atoms with E-state index in [1.165, 1.54) is 14.2 Å². The first-order valence-electron chi connectivity index (χ1n) is 7.02. The highest BCUT2D eigenvalue weighted by atomic mass is 79.9. The van der Waals surface area contributed by atoms with Crippen LogP contribution in [0.1, 0.15) is 23.6 Å². The fraction of sp³-hybridized carbons (Fsp3) is 0.375. The van der Waals surface area contributed by atoms with E-state index < -0.39 is 0 Å². The number of benzene rings is 1. The normalized spacial score (nSPS) is 10.5. The summed E-state index contributed by atoms with van der Waals surface area (Å²) in [6.07, 6.45) is 0. The second-order valence-corrected chi connectivity index (χ2v) is 6.69. The molecule has 0 aliphatic carbocycles. The van der Waals surface area contributed by atoms with Gasteiger partial charge >= 0.3 is 0 Å². The predicted molar refractivity (Wildman–Crippen MR) is 92.9 cm³/mol. The third-order valence-electron chi connectivity index (χ3n) is 2.92. The quantitative estimate of drug-likeness (QED) is 0.724. The van der Waals surface area contributed by atoms with E-state index in [9.17, 15) is 0 Å². The van der Waals surface area contributed by atoms with E-state index in [1.54, 1.807) is 11.3 Å². The highest BCUT2D eigenvalue weighted by Gasteiger charge is 2.07. The zero-order valence-electron chi connectivity index (χ0n) is 12.5. The number of nitrogens with one attached hydrogen (secondary N) is 1. The largest absolute Gasteiger partial charge is 0.490 e. The summed E-state index contributed by atoms with van der Waals surface area (Å²) in [7, 11) is 0. The minimum atomic E-state index is 0.626. The van der Waals surface area contributed by atoms with Crippen LogP contribution in [-0.4, -0.2) is 13.2 Å². The molecular formula is C16H20BrNO2S. The Labute approximate surface area is 138 Å². The van der Waals surface area contributed by atoms with Gasteiger partial charge in [-0.05, 0) is 54.9 Å².